The van der Waals surface area contributed by atoms with Crippen molar-refractivity contribution in [2.45, 2.75) is 18.4 Å². The van der Waals surface area contributed by atoms with E-state index < -0.39 is 0 Å². The van der Waals surface area contributed by atoms with Crippen LogP contribution in [0.15, 0.2) is 46.5 Å². The second-order valence-corrected chi connectivity index (χ2v) is 7.24. The summed E-state index contributed by atoms with van der Waals surface area (Å²) in [7, 11) is 1.85. The lowest BCUT2D eigenvalue weighted by Crippen LogP contribution is -2.55. The van der Waals surface area contributed by atoms with Gasteiger partial charge in [0, 0.05) is 37.8 Å². The molecule has 0 spiro atoms. The second kappa shape index (κ2) is 10.7. The minimum atomic E-state index is 0. The molecule has 1 aliphatic rings. The van der Waals surface area contributed by atoms with Crippen LogP contribution in [0.3, 0.4) is 0 Å². The van der Waals surface area contributed by atoms with Gasteiger partial charge in [-0.3, -0.25) is 9.48 Å². The van der Waals surface area contributed by atoms with Crippen LogP contribution in [0.2, 0.25) is 0 Å². The van der Waals surface area contributed by atoms with Crippen molar-refractivity contribution in [2.75, 3.05) is 37.3 Å². The minimum absolute atomic E-state index is 0. The molecule has 1 fully saturated rings. The largest absolute Gasteiger partial charge is 0.356 e. The van der Waals surface area contributed by atoms with Crippen LogP contribution in [0, 0.1) is 0 Å². The van der Waals surface area contributed by atoms with Crippen molar-refractivity contribution in [1.29, 1.82) is 0 Å². The molecule has 9 heteroatoms. The third-order valence-electron chi connectivity index (χ3n) is 4.43. The third-order valence-corrected chi connectivity index (χ3v) is 5.17. The van der Waals surface area contributed by atoms with Crippen LogP contribution >= 0.6 is 35.7 Å². The zero-order valence-corrected chi connectivity index (χ0v) is 19.6. The monoisotopic (exact) mass is 514 g/mol. The van der Waals surface area contributed by atoms with Crippen molar-refractivity contribution < 1.29 is 4.79 Å². The van der Waals surface area contributed by atoms with Crippen LogP contribution < -0.4 is 10.2 Å². The number of aliphatic imine (C=N–C) groups is 1. The number of aryl methyl sites for hydroxylation is 1. The number of guanidine groups is 1. The van der Waals surface area contributed by atoms with E-state index in [1.807, 2.05) is 25.1 Å². The van der Waals surface area contributed by atoms with Crippen LogP contribution in [0.25, 0.3) is 0 Å². The standard InChI is InChI=1S/C19H26N6OS.HI/c1-4-20-19(21-11-15-5-7-17(27-3)8-6-15)24-9-10-25(18(26)14-24)16-12-22-23(2)13-16;/h5-8,12-13H,4,9-11,14H2,1-3H3,(H,20,21);1H. The van der Waals surface area contributed by atoms with Crippen molar-refractivity contribution in [3.8, 4) is 0 Å². The van der Waals surface area contributed by atoms with E-state index in [0.717, 1.165) is 30.3 Å². The number of aromatic nitrogens is 2. The topological polar surface area (TPSA) is 65.8 Å². The molecular weight excluding hydrogens is 487 g/mol. The predicted molar refractivity (Wildman–Crippen MR) is 126 cm³/mol. The van der Waals surface area contributed by atoms with Gasteiger partial charge in [-0.05, 0) is 30.9 Å². The Morgan fingerprint density at radius 3 is 2.61 bits per heavy atom. The maximum atomic E-state index is 12.6. The predicted octanol–water partition coefficient (Wildman–Crippen LogP) is 2.57. The fourth-order valence-electron chi connectivity index (χ4n) is 3.00. The third kappa shape index (κ3) is 5.63. The van der Waals surface area contributed by atoms with E-state index in [0.29, 0.717) is 19.6 Å². The summed E-state index contributed by atoms with van der Waals surface area (Å²) in [5.74, 6) is 0.842. The molecule has 0 bridgehead atoms. The molecule has 152 valence electrons. The first-order chi connectivity index (χ1) is 13.1. The number of nitrogens with one attached hydrogen (secondary N) is 1. The number of halogens is 1. The van der Waals surface area contributed by atoms with E-state index in [1.54, 1.807) is 27.5 Å². The summed E-state index contributed by atoms with van der Waals surface area (Å²) in [5, 5.41) is 7.47. The van der Waals surface area contributed by atoms with Gasteiger partial charge < -0.3 is 15.1 Å². The summed E-state index contributed by atoms with van der Waals surface area (Å²) in [6.45, 7) is 5.06. The highest BCUT2D eigenvalue weighted by atomic mass is 127. The molecule has 2 heterocycles. The highest BCUT2D eigenvalue weighted by molar-refractivity contribution is 14.0. The summed E-state index contributed by atoms with van der Waals surface area (Å²) in [4.78, 5) is 22.4. The Kier molecular flexibility index (Phi) is 8.61. The van der Waals surface area contributed by atoms with E-state index in [1.165, 1.54) is 4.90 Å². The van der Waals surface area contributed by atoms with Crippen LogP contribution in [0.5, 0.6) is 0 Å². The van der Waals surface area contributed by atoms with Gasteiger partial charge in [-0.1, -0.05) is 12.1 Å². The summed E-state index contributed by atoms with van der Waals surface area (Å²) >= 11 is 1.73. The number of nitrogens with zero attached hydrogens (tertiary/aromatic N) is 5. The van der Waals surface area contributed by atoms with E-state index >= 15 is 0 Å². The molecule has 28 heavy (non-hydrogen) atoms. The van der Waals surface area contributed by atoms with Crippen molar-refractivity contribution in [1.82, 2.24) is 20.0 Å². The van der Waals surface area contributed by atoms with Crippen molar-refractivity contribution in [2.24, 2.45) is 12.0 Å². The lowest BCUT2D eigenvalue weighted by molar-refractivity contribution is -0.120. The van der Waals surface area contributed by atoms with E-state index in [-0.39, 0.29) is 29.9 Å². The van der Waals surface area contributed by atoms with Gasteiger partial charge in [-0.25, -0.2) is 4.99 Å². The number of carbonyl (C=O) groups is 1. The van der Waals surface area contributed by atoms with E-state index in [9.17, 15) is 4.79 Å². The molecule has 1 N–H and O–H groups in total. The number of hydrogen-bond acceptors (Lipinski definition) is 4. The fraction of sp³-hybridized carbons (Fsp3) is 0.421. The molecule has 0 atom stereocenters. The van der Waals surface area contributed by atoms with Gasteiger partial charge in [-0.15, -0.1) is 35.7 Å². The molecule has 3 rings (SSSR count). The maximum Gasteiger partial charge on any atom is 0.246 e. The minimum Gasteiger partial charge on any atom is -0.356 e. The first-order valence-electron chi connectivity index (χ1n) is 9.06. The summed E-state index contributed by atoms with van der Waals surface area (Å²) in [6.07, 6.45) is 5.66. The van der Waals surface area contributed by atoms with Gasteiger partial charge in [0.15, 0.2) is 5.96 Å². The molecule has 1 aromatic heterocycles. The molecule has 0 saturated carbocycles. The molecule has 2 aromatic rings. The highest BCUT2D eigenvalue weighted by Crippen LogP contribution is 2.17. The maximum absolute atomic E-state index is 12.6. The normalized spacial score (nSPS) is 14.8. The van der Waals surface area contributed by atoms with Gasteiger partial charge in [-0.2, -0.15) is 5.10 Å². The van der Waals surface area contributed by atoms with Crippen molar-refractivity contribution in [3.05, 3.63) is 42.2 Å². The van der Waals surface area contributed by atoms with Gasteiger partial charge in [0.25, 0.3) is 0 Å². The molecule has 7 nitrogen and oxygen atoms in total. The van der Waals surface area contributed by atoms with Crippen LogP contribution in [0.4, 0.5) is 5.69 Å². The van der Waals surface area contributed by atoms with E-state index in [4.69, 9.17) is 4.99 Å². The Labute approximate surface area is 187 Å². The van der Waals surface area contributed by atoms with Gasteiger partial charge in [0.1, 0.15) is 6.54 Å². The molecule has 1 aliphatic heterocycles. The molecule has 0 radical (unpaired) electrons. The average molecular weight is 514 g/mol. The SMILES string of the molecule is CCNC(=NCc1ccc(SC)cc1)N1CCN(c2cnn(C)c2)C(=O)C1.I. The zero-order valence-electron chi connectivity index (χ0n) is 16.5. The zero-order chi connectivity index (χ0) is 19.2. The Morgan fingerprint density at radius 2 is 2.04 bits per heavy atom. The van der Waals surface area contributed by atoms with Gasteiger partial charge in [0.05, 0.1) is 18.4 Å². The Balaban J connectivity index is 0.00000280. The quantitative estimate of drug-likeness (QED) is 0.288. The molecule has 1 saturated heterocycles. The van der Waals surface area contributed by atoms with Crippen LogP contribution in [-0.2, 0) is 18.4 Å². The number of benzene rings is 1. The number of amides is 1. The van der Waals surface area contributed by atoms with Gasteiger partial charge in [0.2, 0.25) is 5.91 Å². The Bertz CT molecular complexity index is 807. The molecule has 0 unspecified atom stereocenters. The number of rotatable bonds is 5. The smallest absolute Gasteiger partial charge is 0.246 e. The fourth-order valence-corrected chi connectivity index (χ4v) is 3.41. The molecule has 1 amide bonds. The number of hydrogen-bond donors (Lipinski definition) is 1. The summed E-state index contributed by atoms with van der Waals surface area (Å²) in [6, 6.07) is 8.42. The lowest BCUT2D eigenvalue weighted by Gasteiger charge is -2.35. The summed E-state index contributed by atoms with van der Waals surface area (Å²) in [5.41, 5.74) is 2.00. The second-order valence-electron chi connectivity index (χ2n) is 6.36. The average Bonchev–Trinajstić information content (AvgIpc) is 3.11. The number of anilines is 1. The highest BCUT2D eigenvalue weighted by Gasteiger charge is 2.27. The van der Waals surface area contributed by atoms with Gasteiger partial charge >= 0.3 is 0 Å². The van der Waals surface area contributed by atoms with E-state index in [2.05, 4.69) is 40.9 Å². The Morgan fingerprint density at radius 1 is 1.29 bits per heavy atom. The van der Waals surface area contributed by atoms with Crippen LogP contribution in [0.1, 0.15) is 12.5 Å². The molecule has 0 aliphatic carbocycles. The number of piperazine rings is 1. The molecule has 1 aromatic carbocycles. The molecular formula is C19H27IN6OS. The first-order valence-corrected chi connectivity index (χ1v) is 10.3. The summed E-state index contributed by atoms with van der Waals surface area (Å²) < 4.78 is 1.71. The van der Waals surface area contributed by atoms with Crippen molar-refractivity contribution >= 4 is 53.3 Å². The van der Waals surface area contributed by atoms with Crippen molar-refractivity contribution in [3.63, 3.8) is 0 Å². The number of carbonyl (C=O) groups excluding carboxylic acids is 1. The Hall–Kier alpha value is -1.75. The first kappa shape index (κ1) is 22.5. The lowest BCUT2D eigenvalue weighted by atomic mass is 10.2. The number of thioether (sulfide) groups is 1. The van der Waals surface area contributed by atoms with Crippen LogP contribution in [-0.4, -0.2) is 59.0 Å².